The van der Waals surface area contributed by atoms with Gasteiger partial charge in [-0.3, -0.25) is 9.69 Å². The molecule has 1 aliphatic rings. The number of rotatable bonds is 6. The number of β-amino-alcohol motifs (C(OH)–C–C–N with tert-alkyl or cyclic N) is 1. The Labute approximate surface area is 98.0 Å². The molecule has 0 radical (unpaired) electrons. The Morgan fingerprint density at radius 1 is 1.50 bits per heavy atom. The summed E-state index contributed by atoms with van der Waals surface area (Å²) in [5, 5.41) is 12.7. The minimum absolute atomic E-state index is 0.0683. The quantitative estimate of drug-likeness (QED) is 0.700. The van der Waals surface area contributed by atoms with Crippen LogP contribution in [0.2, 0.25) is 0 Å². The van der Waals surface area contributed by atoms with Gasteiger partial charge in [0.1, 0.15) is 0 Å². The second-order valence-corrected chi connectivity index (χ2v) is 5.26. The van der Waals surface area contributed by atoms with Crippen LogP contribution in [0.3, 0.4) is 0 Å². The largest absolute Gasteiger partial charge is 0.387 e. The first-order valence-corrected chi connectivity index (χ1v) is 6.16. The van der Waals surface area contributed by atoms with Crippen molar-refractivity contribution in [3.8, 4) is 0 Å². The summed E-state index contributed by atoms with van der Waals surface area (Å²) in [4.78, 5) is 13.5. The van der Waals surface area contributed by atoms with E-state index in [4.69, 9.17) is 0 Å². The van der Waals surface area contributed by atoms with Gasteiger partial charge in [0.2, 0.25) is 5.91 Å². The monoisotopic (exact) mass is 228 g/mol. The molecule has 0 aliphatic carbocycles. The zero-order valence-electron chi connectivity index (χ0n) is 10.6. The lowest BCUT2D eigenvalue weighted by atomic mass is 9.91. The Bertz CT molecular complexity index is 235. The number of aliphatic hydroxyl groups is 1. The fraction of sp³-hybridized carbons (Fsp3) is 0.917. The number of nitrogens with zero attached hydrogens (tertiary/aromatic N) is 1. The van der Waals surface area contributed by atoms with Crippen LogP contribution in [0.5, 0.6) is 0 Å². The number of carbonyl (C=O) groups is 1. The maximum Gasteiger partial charge on any atom is 0.234 e. The molecule has 4 nitrogen and oxygen atoms in total. The maximum atomic E-state index is 11.5. The molecule has 94 valence electrons. The number of nitrogens with one attached hydrogen (secondary N) is 1. The molecule has 16 heavy (non-hydrogen) atoms. The Hall–Kier alpha value is -0.610. The average Bonchev–Trinajstić information content (AvgIpc) is 2.14. The number of likely N-dealkylation sites (tertiary alicyclic amines) is 1. The maximum absolute atomic E-state index is 11.5. The molecule has 1 amide bonds. The van der Waals surface area contributed by atoms with Crippen LogP contribution in [0.4, 0.5) is 0 Å². The molecule has 1 saturated heterocycles. The third kappa shape index (κ3) is 4.10. The zero-order valence-corrected chi connectivity index (χ0v) is 10.6. The van der Waals surface area contributed by atoms with Gasteiger partial charge in [-0.05, 0) is 18.8 Å². The van der Waals surface area contributed by atoms with Crippen molar-refractivity contribution in [3.63, 3.8) is 0 Å². The molecule has 0 unspecified atom stereocenters. The van der Waals surface area contributed by atoms with Gasteiger partial charge in [-0.1, -0.05) is 20.8 Å². The fourth-order valence-corrected chi connectivity index (χ4v) is 1.88. The van der Waals surface area contributed by atoms with E-state index in [0.29, 0.717) is 25.6 Å². The van der Waals surface area contributed by atoms with E-state index in [1.54, 1.807) is 0 Å². The van der Waals surface area contributed by atoms with E-state index in [1.165, 1.54) is 0 Å². The molecule has 1 rings (SSSR count). The average molecular weight is 228 g/mol. The first-order valence-electron chi connectivity index (χ1n) is 6.16. The smallest absolute Gasteiger partial charge is 0.234 e. The van der Waals surface area contributed by atoms with Crippen molar-refractivity contribution in [2.45, 2.75) is 39.2 Å². The van der Waals surface area contributed by atoms with Crippen LogP contribution in [0.15, 0.2) is 0 Å². The number of hydrogen-bond donors (Lipinski definition) is 2. The molecule has 0 spiro atoms. The van der Waals surface area contributed by atoms with E-state index in [2.05, 4.69) is 19.2 Å². The minimum atomic E-state index is -0.543. The Balaban J connectivity index is 2.08. The normalized spacial score (nSPS) is 19.6. The highest BCUT2D eigenvalue weighted by atomic mass is 16.3. The first-order chi connectivity index (χ1) is 7.45. The van der Waals surface area contributed by atoms with Gasteiger partial charge in [0.15, 0.2) is 0 Å². The van der Waals surface area contributed by atoms with E-state index >= 15 is 0 Å². The molecule has 1 fully saturated rings. The van der Waals surface area contributed by atoms with E-state index in [0.717, 1.165) is 19.4 Å². The zero-order chi connectivity index (χ0) is 12.2. The van der Waals surface area contributed by atoms with Crippen LogP contribution in [-0.2, 0) is 4.79 Å². The van der Waals surface area contributed by atoms with Gasteiger partial charge in [0.05, 0.1) is 12.1 Å². The summed E-state index contributed by atoms with van der Waals surface area (Å²) >= 11 is 0. The summed E-state index contributed by atoms with van der Waals surface area (Å²) in [7, 11) is 0. The highest BCUT2D eigenvalue weighted by molar-refractivity contribution is 5.78. The van der Waals surface area contributed by atoms with Crippen molar-refractivity contribution in [2.24, 2.45) is 5.92 Å². The van der Waals surface area contributed by atoms with Gasteiger partial charge in [0.25, 0.3) is 0 Å². The standard InChI is InChI=1S/C12H24N2O2/c1-4-12(16)8-14(9-12)7-11(15)13-6-5-10(2)3/h10,16H,4-9H2,1-3H3,(H,13,15). The summed E-state index contributed by atoms with van der Waals surface area (Å²) < 4.78 is 0. The molecule has 0 aromatic carbocycles. The summed E-state index contributed by atoms with van der Waals surface area (Å²) in [6.45, 7) is 8.68. The molecule has 4 heteroatoms. The predicted octanol–water partition coefficient (Wildman–Crippen LogP) is 0.605. The van der Waals surface area contributed by atoms with Gasteiger partial charge in [0, 0.05) is 19.6 Å². The fourth-order valence-electron chi connectivity index (χ4n) is 1.88. The lowest BCUT2D eigenvalue weighted by molar-refractivity contribution is -0.132. The first kappa shape index (κ1) is 13.5. The molecule has 0 aromatic rings. The van der Waals surface area contributed by atoms with Crippen molar-refractivity contribution < 1.29 is 9.90 Å². The van der Waals surface area contributed by atoms with E-state index in [1.807, 2.05) is 11.8 Å². The highest BCUT2D eigenvalue weighted by Crippen LogP contribution is 2.23. The van der Waals surface area contributed by atoms with Crippen molar-refractivity contribution in [1.29, 1.82) is 0 Å². The van der Waals surface area contributed by atoms with Gasteiger partial charge < -0.3 is 10.4 Å². The summed E-state index contributed by atoms with van der Waals surface area (Å²) in [5.74, 6) is 0.688. The van der Waals surface area contributed by atoms with Gasteiger partial charge >= 0.3 is 0 Å². The van der Waals surface area contributed by atoms with Crippen LogP contribution in [-0.4, -0.2) is 47.7 Å². The number of hydrogen-bond acceptors (Lipinski definition) is 3. The number of amides is 1. The molecule has 0 aromatic heterocycles. The van der Waals surface area contributed by atoms with Crippen LogP contribution in [0.1, 0.15) is 33.6 Å². The lowest BCUT2D eigenvalue weighted by Gasteiger charge is -2.45. The van der Waals surface area contributed by atoms with Gasteiger partial charge in [-0.15, -0.1) is 0 Å². The van der Waals surface area contributed by atoms with Crippen LogP contribution < -0.4 is 5.32 Å². The van der Waals surface area contributed by atoms with E-state index < -0.39 is 5.60 Å². The van der Waals surface area contributed by atoms with Gasteiger partial charge in [-0.2, -0.15) is 0 Å². The van der Waals surface area contributed by atoms with Crippen molar-refractivity contribution in [2.75, 3.05) is 26.2 Å². The second-order valence-electron chi connectivity index (χ2n) is 5.26. The molecule has 2 N–H and O–H groups in total. The predicted molar refractivity (Wildman–Crippen MR) is 64.1 cm³/mol. The lowest BCUT2D eigenvalue weighted by Crippen LogP contribution is -2.63. The topological polar surface area (TPSA) is 52.6 Å². The highest BCUT2D eigenvalue weighted by Gasteiger charge is 2.39. The summed E-state index contributed by atoms with van der Waals surface area (Å²) in [5.41, 5.74) is -0.543. The Morgan fingerprint density at radius 2 is 2.12 bits per heavy atom. The second kappa shape index (κ2) is 5.64. The molecule has 1 aliphatic heterocycles. The van der Waals surface area contributed by atoms with Crippen LogP contribution in [0, 0.1) is 5.92 Å². The van der Waals surface area contributed by atoms with Crippen molar-refractivity contribution >= 4 is 5.91 Å². The molecule has 0 atom stereocenters. The van der Waals surface area contributed by atoms with Crippen molar-refractivity contribution in [3.05, 3.63) is 0 Å². The third-order valence-electron chi connectivity index (χ3n) is 3.11. The van der Waals surface area contributed by atoms with E-state index in [-0.39, 0.29) is 5.91 Å². The minimum Gasteiger partial charge on any atom is -0.387 e. The van der Waals surface area contributed by atoms with Crippen LogP contribution in [0.25, 0.3) is 0 Å². The molecule has 1 heterocycles. The number of carbonyl (C=O) groups excluding carboxylic acids is 1. The molecular formula is C12H24N2O2. The van der Waals surface area contributed by atoms with Crippen LogP contribution >= 0.6 is 0 Å². The molecule has 0 bridgehead atoms. The Kier molecular flexibility index (Phi) is 4.74. The molecule has 0 saturated carbocycles. The summed E-state index contributed by atoms with van der Waals surface area (Å²) in [6.07, 6.45) is 1.78. The molecular weight excluding hydrogens is 204 g/mol. The van der Waals surface area contributed by atoms with Crippen molar-refractivity contribution in [1.82, 2.24) is 10.2 Å². The van der Waals surface area contributed by atoms with E-state index in [9.17, 15) is 9.90 Å². The summed E-state index contributed by atoms with van der Waals surface area (Å²) in [6, 6.07) is 0. The third-order valence-corrected chi connectivity index (χ3v) is 3.11. The Morgan fingerprint density at radius 3 is 2.62 bits per heavy atom. The SMILES string of the molecule is CCC1(O)CN(CC(=O)NCCC(C)C)C1. The van der Waals surface area contributed by atoms with Gasteiger partial charge in [-0.25, -0.2) is 0 Å².